The van der Waals surface area contributed by atoms with Gasteiger partial charge in [0.1, 0.15) is 5.75 Å². The Morgan fingerprint density at radius 3 is 2.79 bits per heavy atom. The summed E-state index contributed by atoms with van der Waals surface area (Å²) in [7, 11) is 0. The number of benzene rings is 1. The molecule has 1 aliphatic rings. The second-order valence-electron chi connectivity index (χ2n) is 6.64. The third-order valence-corrected chi connectivity index (χ3v) is 4.73. The van der Waals surface area contributed by atoms with Crippen LogP contribution < -0.4 is 4.74 Å². The predicted molar refractivity (Wildman–Crippen MR) is 96.8 cm³/mol. The summed E-state index contributed by atoms with van der Waals surface area (Å²) in [6, 6.07) is 6.40. The summed E-state index contributed by atoms with van der Waals surface area (Å²) >= 11 is 0. The van der Waals surface area contributed by atoms with Crippen molar-refractivity contribution in [1.29, 1.82) is 0 Å². The first kappa shape index (κ1) is 18.8. The van der Waals surface area contributed by atoms with Crippen LogP contribution in [0, 0.1) is 0 Å². The van der Waals surface area contributed by atoms with Crippen LogP contribution in [0.25, 0.3) is 0 Å². The molecule has 1 aliphatic heterocycles. The molecule has 0 atom stereocenters. The zero-order valence-corrected chi connectivity index (χ0v) is 14.9. The lowest BCUT2D eigenvalue weighted by molar-refractivity contribution is -0.137. The first-order valence-corrected chi connectivity index (χ1v) is 9.38. The van der Waals surface area contributed by atoms with Gasteiger partial charge in [0.25, 0.3) is 0 Å². The van der Waals surface area contributed by atoms with Crippen LogP contribution in [-0.4, -0.2) is 42.2 Å². The minimum Gasteiger partial charge on any atom is -0.493 e. The smallest absolute Gasteiger partial charge is 0.303 e. The summed E-state index contributed by atoms with van der Waals surface area (Å²) < 4.78 is 6.06. The van der Waals surface area contributed by atoms with Crippen LogP contribution >= 0.6 is 0 Å². The maximum atomic E-state index is 10.7. The standard InChI is InChI=1S/C20H31NO3/c1-2-3-4-5-16-24-19-9-6-8-17-11-14-21(15-12-18(17)19)13-7-10-20(22)23/h6,8-9H,2-5,7,10-16H2,1H3,(H,22,23). The van der Waals surface area contributed by atoms with Gasteiger partial charge in [0.2, 0.25) is 0 Å². The van der Waals surface area contributed by atoms with E-state index in [9.17, 15) is 4.79 Å². The van der Waals surface area contributed by atoms with Gasteiger partial charge < -0.3 is 14.7 Å². The highest BCUT2D eigenvalue weighted by molar-refractivity contribution is 5.66. The van der Waals surface area contributed by atoms with Crippen LogP contribution in [0.5, 0.6) is 5.75 Å². The number of unbranched alkanes of at least 4 members (excludes halogenated alkanes) is 3. The summed E-state index contributed by atoms with van der Waals surface area (Å²) in [5.41, 5.74) is 2.75. The lowest BCUT2D eigenvalue weighted by Crippen LogP contribution is -2.27. The van der Waals surface area contributed by atoms with E-state index in [1.54, 1.807) is 0 Å². The third kappa shape index (κ3) is 6.16. The molecule has 0 fully saturated rings. The van der Waals surface area contributed by atoms with Gasteiger partial charge in [-0.2, -0.15) is 0 Å². The van der Waals surface area contributed by atoms with Gasteiger partial charge >= 0.3 is 5.97 Å². The van der Waals surface area contributed by atoms with Crippen LogP contribution in [0.1, 0.15) is 56.6 Å². The molecule has 1 N–H and O–H groups in total. The molecule has 0 spiro atoms. The Labute approximate surface area is 145 Å². The average molecular weight is 333 g/mol. The predicted octanol–water partition coefficient (Wildman–Crippen LogP) is 3.91. The van der Waals surface area contributed by atoms with Crippen molar-refractivity contribution < 1.29 is 14.6 Å². The number of carboxylic acids is 1. The Morgan fingerprint density at radius 2 is 2.00 bits per heavy atom. The molecule has 0 saturated carbocycles. The van der Waals surface area contributed by atoms with Gasteiger partial charge in [-0.05, 0) is 49.4 Å². The Hall–Kier alpha value is -1.55. The van der Waals surface area contributed by atoms with E-state index in [-0.39, 0.29) is 6.42 Å². The Bertz CT molecular complexity index is 516. The molecule has 1 heterocycles. The molecular formula is C20H31NO3. The summed E-state index contributed by atoms with van der Waals surface area (Å²) in [5, 5.41) is 8.78. The van der Waals surface area contributed by atoms with Crippen molar-refractivity contribution >= 4 is 5.97 Å². The Morgan fingerprint density at radius 1 is 1.17 bits per heavy atom. The molecule has 1 aromatic rings. The number of hydrogen-bond donors (Lipinski definition) is 1. The average Bonchev–Trinajstić information content (AvgIpc) is 2.77. The minimum absolute atomic E-state index is 0.259. The molecule has 0 bridgehead atoms. The van der Waals surface area contributed by atoms with E-state index in [4.69, 9.17) is 9.84 Å². The molecule has 0 unspecified atom stereocenters. The monoisotopic (exact) mass is 333 g/mol. The summed E-state index contributed by atoms with van der Waals surface area (Å²) in [5.74, 6) is 0.350. The maximum Gasteiger partial charge on any atom is 0.303 e. The van der Waals surface area contributed by atoms with E-state index in [1.165, 1.54) is 30.4 Å². The number of rotatable bonds is 10. The molecule has 2 rings (SSSR count). The SMILES string of the molecule is CCCCCCOc1cccc2c1CCN(CCCC(=O)O)CC2. The van der Waals surface area contributed by atoms with Gasteiger partial charge in [-0.3, -0.25) is 4.79 Å². The number of nitrogens with zero attached hydrogens (tertiary/aromatic N) is 1. The van der Waals surface area contributed by atoms with Crippen molar-refractivity contribution in [3.63, 3.8) is 0 Å². The first-order chi connectivity index (χ1) is 11.7. The van der Waals surface area contributed by atoms with E-state index in [0.717, 1.165) is 57.7 Å². The summed E-state index contributed by atoms with van der Waals surface area (Å²) in [6.07, 6.45) is 7.90. The first-order valence-electron chi connectivity index (χ1n) is 9.38. The van der Waals surface area contributed by atoms with Crippen molar-refractivity contribution in [2.24, 2.45) is 0 Å². The maximum absolute atomic E-state index is 10.7. The molecule has 0 saturated heterocycles. The largest absolute Gasteiger partial charge is 0.493 e. The van der Waals surface area contributed by atoms with E-state index >= 15 is 0 Å². The van der Waals surface area contributed by atoms with E-state index in [2.05, 4.69) is 30.0 Å². The molecule has 134 valence electrons. The van der Waals surface area contributed by atoms with Gasteiger partial charge in [0.15, 0.2) is 0 Å². The molecule has 4 nitrogen and oxygen atoms in total. The third-order valence-electron chi connectivity index (χ3n) is 4.73. The van der Waals surface area contributed by atoms with Crippen LogP contribution in [0.4, 0.5) is 0 Å². The molecule has 0 radical (unpaired) electrons. The highest BCUT2D eigenvalue weighted by atomic mass is 16.5. The van der Waals surface area contributed by atoms with Crippen molar-refractivity contribution in [2.75, 3.05) is 26.2 Å². The molecule has 0 amide bonds. The van der Waals surface area contributed by atoms with Gasteiger partial charge in [0, 0.05) is 19.5 Å². The van der Waals surface area contributed by atoms with Crippen LogP contribution in [0.2, 0.25) is 0 Å². The van der Waals surface area contributed by atoms with Crippen LogP contribution in [0.15, 0.2) is 18.2 Å². The van der Waals surface area contributed by atoms with Gasteiger partial charge in [-0.15, -0.1) is 0 Å². The second kappa shape index (κ2) is 10.3. The number of hydrogen-bond acceptors (Lipinski definition) is 3. The molecule has 0 aliphatic carbocycles. The second-order valence-corrected chi connectivity index (χ2v) is 6.64. The number of fused-ring (bicyclic) bond motifs is 1. The fourth-order valence-corrected chi connectivity index (χ4v) is 3.31. The zero-order chi connectivity index (χ0) is 17.2. The van der Waals surface area contributed by atoms with Crippen molar-refractivity contribution in [1.82, 2.24) is 4.90 Å². The Kier molecular flexibility index (Phi) is 8.10. The molecule has 24 heavy (non-hydrogen) atoms. The number of carboxylic acid groups (broad SMARTS) is 1. The van der Waals surface area contributed by atoms with Crippen LogP contribution in [0.3, 0.4) is 0 Å². The van der Waals surface area contributed by atoms with Gasteiger partial charge in [-0.25, -0.2) is 0 Å². The fraction of sp³-hybridized carbons (Fsp3) is 0.650. The quantitative estimate of drug-likeness (QED) is 0.660. The molecule has 0 aromatic heterocycles. The van der Waals surface area contributed by atoms with E-state index in [0.29, 0.717) is 0 Å². The van der Waals surface area contributed by atoms with Crippen molar-refractivity contribution in [3.8, 4) is 5.75 Å². The van der Waals surface area contributed by atoms with Crippen molar-refractivity contribution in [3.05, 3.63) is 29.3 Å². The Balaban J connectivity index is 1.86. The minimum atomic E-state index is -0.702. The van der Waals surface area contributed by atoms with Crippen molar-refractivity contribution in [2.45, 2.75) is 58.3 Å². The molecule has 1 aromatic carbocycles. The van der Waals surface area contributed by atoms with Gasteiger partial charge in [-0.1, -0.05) is 38.3 Å². The summed E-state index contributed by atoms with van der Waals surface area (Å²) in [6.45, 7) is 5.89. The number of aliphatic carboxylic acids is 1. The lowest BCUT2D eigenvalue weighted by atomic mass is 10.0. The highest BCUT2D eigenvalue weighted by Crippen LogP contribution is 2.26. The fourth-order valence-electron chi connectivity index (χ4n) is 3.31. The molecular weight excluding hydrogens is 302 g/mol. The molecule has 4 heteroatoms. The summed E-state index contributed by atoms with van der Waals surface area (Å²) in [4.78, 5) is 13.0. The zero-order valence-electron chi connectivity index (χ0n) is 14.9. The van der Waals surface area contributed by atoms with Gasteiger partial charge in [0.05, 0.1) is 6.61 Å². The lowest BCUT2D eigenvalue weighted by Gasteiger charge is -2.19. The topological polar surface area (TPSA) is 49.8 Å². The highest BCUT2D eigenvalue weighted by Gasteiger charge is 2.17. The normalized spacial score (nSPS) is 14.9. The van der Waals surface area contributed by atoms with E-state index < -0.39 is 5.97 Å². The number of carbonyl (C=O) groups is 1. The van der Waals surface area contributed by atoms with E-state index in [1.807, 2.05) is 0 Å². The number of ether oxygens (including phenoxy) is 1. The van der Waals surface area contributed by atoms with Crippen LogP contribution in [-0.2, 0) is 17.6 Å².